The third kappa shape index (κ3) is 6.35. The second-order valence-electron chi connectivity index (χ2n) is 7.28. The Bertz CT molecular complexity index is 829. The van der Waals surface area contributed by atoms with E-state index in [0.29, 0.717) is 6.42 Å². The van der Waals surface area contributed by atoms with Gasteiger partial charge in [-0.3, -0.25) is 14.4 Å². The molecule has 1 aliphatic carbocycles. The van der Waals surface area contributed by atoms with Crippen molar-refractivity contribution in [2.24, 2.45) is 5.73 Å². The lowest BCUT2D eigenvalue weighted by atomic mass is 9.94. The highest BCUT2D eigenvalue weighted by Gasteiger charge is 2.29. The molecule has 1 aromatic carbocycles. The van der Waals surface area contributed by atoms with E-state index in [2.05, 4.69) is 5.32 Å². The molecule has 162 valence electrons. The number of aliphatic hydroxyl groups is 2. The number of allylic oxidation sites excluding steroid dienone is 3. The lowest BCUT2D eigenvalue weighted by Crippen LogP contribution is -2.50. The standard InChI is InChI=1S/C22H28N2O6/c1-13(25)15-9-16(21(23)28)11-17(10-15)22(29)24-18(20(27)19(26)12-30-2)8-14-6-4-3-5-7-14/h4,6-7,9-11,18-20,26-27H,3,5,8,12H2,1-2H3,(H2,23,28)(H,24,29). The molecule has 0 bridgehead atoms. The van der Waals surface area contributed by atoms with E-state index in [-0.39, 0.29) is 29.1 Å². The quantitative estimate of drug-likeness (QED) is 0.422. The number of amides is 2. The molecule has 0 saturated heterocycles. The Kier molecular flexibility index (Phi) is 8.46. The maximum absolute atomic E-state index is 12.9. The number of nitrogens with two attached hydrogens (primary N) is 1. The number of aliphatic hydroxyl groups excluding tert-OH is 2. The summed E-state index contributed by atoms with van der Waals surface area (Å²) in [4.78, 5) is 36.2. The molecule has 0 aliphatic heterocycles. The number of nitrogens with one attached hydrogen (secondary N) is 1. The Balaban J connectivity index is 2.30. The number of ketones is 1. The maximum atomic E-state index is 12.9. The normalized spacial score (nSPS) is 16.3. The van der Waals surface area contributed by atoms with Crippen LogP contribution in [0.3, 0.4) is 0 Å². The van der Waals surface area contributed by atoms with Gasteiger partial charge in [-0.05, 0) is 44.4 Å². The number of hydrogen-bond donors (Lipinski definition) is 4. The van der Waals surface area contributed by atoms with E-state index < -0.39 is 30.1 Å². The van der Waals surface area contributed by atoms with Gasteiger partial charge in [0.25, 0.3) is 5.91 Å². The molecule has 0 aromatic heterocycles. The molecule has 2 amide bonds. The van der Waals surface area contributed by atoms with Gasteiger partial charge < -0.3 is 26.0 Å². The van der Waals surface area contributed by atoms with E-state index in [1.807, 2.05) is 18.2 Å². The van der Waals surface area contributed by atoms with Gasteiger partial charge in [0.2, 0.25) is 5.91 Å². The molecular weight excluding hydrogens is 388 g/mol. The molecule has 0 radical (unpaired) electrons. The van der Waals surface area contributed by atoms with Crippen LogP contribution in [0.1, 0.15) is 57.3 Å². The van der Waals surface area contributed by atoms with E-state index >= 15 is 0 Å². The van der Waals surface area contributed by atoms with Crippen LogP contribution >= 0.6 is 0 Å². The van der Waals surface area contributed by atoms with Crippen molar-refractivity contribution in [3.63, 3.8) is 0 Å². The van der Waals surface area contributed by atoms with Crippen LogP contribution in [-0.4, -0.2) is 59.8 Å². The summed E-state index contributed by atoms with van der Waals surface area (Å²) in [6.45, 7) is 1.21. The van der Waals surface area contributed by atoms with Crippen LogP contribution in [0.2, 0.25) is 0 Å². The number of ether oxygens (including phenoxy) is 1. The van der Waals surface area contributed by atoms with Crippen molar-refractivity contribution < 1.29 is 29.3 Å². The second-order valence-corrected chi connectivity index (χ2v) is 7.28. The first kappa shape index (κ1) is 23.5. The smallest absolute Gasteiger partial charge is 0.251 e. The van der Waals surface area contributed by atoms with Crippen molar-refractivity contribution in [2.45, 2.75) is 44.4 Å². The highest BCUT2D eigenvalue weighted by atomic mass is 16.5. The van der Waals surface area contributed by atoms with Crippen molar-refractivity contribution in [1.82, 2.24) is 5.32 Å². The largest absolute Gasteiger partial charge is 0.388 e. The predicted molar refractivity (Wildman–Crippen MR) is 111 cm³/mol. The minimum absolute atomic E-state index is 0.0299. The molecular formula is C22H28N2O6. The maximum Gasteiger partial charge on any atom is 0.251 e. The molecule has 30 heavy (non-hydrogen) atoms. The molecule has 8 nitrogen and oxygen atoms in total. The fourth-order valence-electron chi connectivity index (χ4n) is 3.22. The number of methoxy groups -OCH3 is 1. The lowest BCUT2D eigenvalue weighted by Gasteiger charge is -2.28. The van der Waals surface area contributed by atoms with Crippen LogP contribution in [0.5, 0.6) is 0 Å². The Morgan fingerprint density at radius 2 is 1.80 bits per heavy atom. The lowest BCUT2D eigenvalue weighted by molar-refractivity contribution is -0.0406. The van der Waals surface area contributed by atoms with Crippen LogP contribution in [0.25, 0.3) is 0 Å². The first-order valence-electron chi connectivity index (χ1n) is 9.70. The zero-order chi connectivity index (χ0) is 22.3. The van der Waals surface area contributed by atoms with E-state index in [0.717, 1.165) is 18.4 Å². The Hall–Kier alpha value is -2.81. The number of carbonyl (C=O) groups excluding carboxylic acids is 3. The van der Waals surface area contributed by atoms with Crippen molar-refractivity contribution in [3.05, 3.63) is 58.7 Å². The monoisotopic (exact) mass is 416 g/mol. The first-order chi connectivity index (χ1) is 14.2. The minimum Gasteiger partial charge on any atom is -0.388 e. The summed E-state index contributed by atoms with van der Waals surface area (Å²) in [6.07, 6.45) is 5.49. The van der Waals surface area contributed by atoms with Gasteiger partial charge in [-0.15, -0.1) is 0 Å². The zero-order valence-electron chi connectivity index (χ0n) is 17.1. The third-order valence-corrected chi connectivity index (χ3v) is 4.87. The van der Waals surface area contributed by atoms with Gasteiger partial charge in [0.15, 0.2) is 5.78 Å². The van der Waals surface area contributed by atoms with E-state index in [9.17, 15) is 24.6 Å². The Morgan fingerprint density at radius 3 is 2.37 bits per heavy atom. The number of rotatable bonds is 10. The molecule has 5 N–H and O–H groups in total. The van der Waals surface area contributed by atoms with E-state index in [1.54, 1.807) is 0 Å². The predicted octanol–water partition coefficient (Wildman–Crippen LogP) is 1.12. The first-order valence-corrected chi connectivity index (χ1v) is 9.70. The SMILES string of the molecule is COCC(O)C(O)C(CC1=CCCC=C1)NC(=O)c1cc(C(C)=O)cc(C(N)=O)c1. The van der Waals surface area contributed by atoms with Gasteiger partial charge in [-0.2, -0.15) is 0 Å². The molecule has 1 aliphatic rings. The van der Waals surface area contributed by atoms with Crippen molar-refractivity contribution >= 4 is 17.6 Å². The molecule has 1 aromatic rings. The molecule has 8 heteroatoms. The summed E-state index contributed by atoms with van der Waals surface area (Å²) in [5.41, 5.74) is 6.50. The van der Waals surface area contributed by atoms with Crippen LogP contribution in [0.15, 0.2) is 42.0 Å². The molecule has 3 unspecified atom stereocenters. The van der Waals surface area contributed by atoms with Crippen molar-refractivity contribution in [2.75, 3.05) is 13.7 Å². The fraction of sp³-hybridized carbons (Fsp3) is 0.409. The van der Waals surface area contributed by atoms with Gasteiger partial charge in [0, 0.05) is 23.8 Å². The summed E-state index contributed by atoms with van der Waals surface area (Å²) >= 11 is 0. The van der Waals surface area contributed by atoms with Crippen LogP contribution in [0, 0.1) is 0 Å². The highest BCUT2D eigenvalue weighted by molar-refractivity contribution is 6.04. The average Bonchev–Trinajstić information content (AvgIpc) is 2.73. The van der Waals surface area contributed by atoms with Crippen LogP contribution in [-0.2, 0) is 4.74 Å². The topological polar surface area (TPSA) is 139 Å². The van der Waals surface area contributed by atoms with Gasteiger partial charge in [-0.25, -0.2) is 0 Å². The van der Waals surface area contributed by atoms with Crippen molar-refractivity contribution in [3.8, 4) is 0 Å². The zero-order valence-corrected chi connectivity index (χ0v) is 17.1. The molecule has 2 rings (SSSR count). The number of primary amides is 1. The van der Waals surface area contributed by atoms with Gasteiger partial charge >= 0.3 is 0 Å². The van der Waals surface area contributed by atoms with E-state index in [4.69, 9.17) is 10.5 Å². The number of carbonyl (C=O) groups is 3. The molecule has 0 saturated carbocycles. The van der Waals surface area contributed by atoms with Crippen molar-refractivity contribution in [1.29, 1.82) is 0 Å². The van der Waals surface area contributed by atoms with Gasteiger partial charge in [0.1, 0.15) is 12.2 Å². The minimum atomic E-state index is -1.29. The third-order valence-electron chi connectivity index (χ3n) is 4.87. The number of hydrogen-bond acceptors (Lipinski definition) is 6. The fourth-order valence-corrected chi connectivity index (χ4v) is 3.22. The Labute approximate surface area is 175 Å². The Morgan fingerprint density at radius 1 is 1.13 bits per heavy atom. The van der Waals surface area contributed by atoms with Gasteiger partial charge in [0.05, 0.1) is 12.6 Å². The number of benzene rings is 1. The second kappa shape index (κ2) is 10.8. The average molecular weight is 416 g/mol. The molecule has 3 atom stereocenters. The highest BCUT2D eigenvalue weighted by Crippen LogP contribution is 2.19. The van der Waals surface area contributed by atoms with Crippen LogP contribution in [0.4, 0.5) is 0 Å². The molecule has 0 spiro atoms. The molecule has 0 heterocycles. The summed E-state index contributed by atoms with van der Waals surface area (Å²) in [6, 6.07) is 3.15. The number of Topliss-reactive ketones (excluding diaryl/α,β-unsaturated/α-hetero) is 1. The summed E-state index contributed by atoms with van der Waals surface area (Å²) in [5, 5.41) is 23.5. The molecule has 0 fully saturated rings. The summed E-state index contributed by atoms with van der Waals surface area (Å²) in [7, 11) is 1.40. The van der Waals surface area contributed by atoms with Gasteiger partial charge in [-0.1, -0.05) is 23.8 Å². The summed E-state index contributed by atoms with van der Waals surface area (Å²) in [5.74, 6) is -1.69. The van der Waals surface area contributed by atoms with Crippen LogP contribution < -0.4 is 11.1 Å². The summed E-state index contributed by atoms with van der Waals surface area (Å²) < 4.78 is 4.90. The van der Waals surface area contributed by atoms with E-state index in [1.165, 1.54) is 32.2 Å².